The standard InChI is InChI=1S/C25H27NO3S/c1-16-5-7-19(8-6-16)20-12-21(23(27)11-17(2)15-29-4)14-22(13-20)26-25(28)24-18(3)9-10-30-24/h5-10,12-14,17H,11,15H2,1-4H3,(H,26,28). The number of amides is 1. The van der Waals surface area contributed by atoms with Crippen molar-refractivity contribution < 1.29 is 14.3 Å². The molecule has 0 aliphatic carbocycles. The average molecular weight is 422 g/mol. The number of anilines is 1. The fraction of sp³-hybridized carbons (Fsp3) is 0.280. The van der Waals surface area contributed by atoms with Crippen molar-refractivity contribution >= 4 is 28.7 Å². The number of carbonyl (C=O) groups is 2. The van der Waals surface area contributed by atoms with Crippen molar-refractivity contribution in [2.24, 2.45) is 5.92 Å². The van der Waals surface area contributed by atoms with Crippen molar-refractivity contribution in [1.82, 2.24) is 0 Å². The molecule has 0 aliphatic rings. The average Bonchev–Trinajstić information content (AvgIpc) is 3.14. The van der Waals surface area contributed by atoms with Gasteiger partial charge in [-0.25, -0.2) is 0 Å². The maximum atomic E-state index is 12.9. The highest BCUT2D eigenvalue weighted by Crippen LogP contribution is 2.28. The molecule has 156 valence electrons. The third-order valence-electron chi connectivity index (χ3n) is 4.95. The Balaban J connectivity index is 1.95. The van der Waals surface area contributed by atoms with Crippen LogP contribution in [-0.4, -0.2) is 25.4 Å². The molecule has 0 saturated heterocycles. The summed E-state index contributed by atoms with van der Waals surface area (Å²) in [5.74, 6) is 0.00311. The van der Waals surface area contributed by atoms with Crippen molar-refractivity contribution in [3.05, 3.63) is 75.5 Å². The second kappa shape index (κ2) is 9.83. The third-order valence-corrected chi connectivity index (χ3v) is 5.97. The summed E-state index contributed by atoms with van der Waals surface area (Å²) in [5.41, 5.74) is 5.22. The molecule has 3 rings (SSSR count). The van der Waals surface area contributed by atoms with Crippen molar-refractivity contribution in [2.75, 3.05) is 19.0 Å². The molecule has 0 spiro atoms. The van der Waals surface area contributed by atoms with Gasteiger partial charge < -0.3 is 10.1 Å². The van der Waals surface area contributed by atoms with Gasteiger partial charge in [-0.05, 0) is 66.1 Å². The van der Waals surface area contributed by atoms with Crippen LogP contribution in [0.4, 0.5) is 5.69 Å². The lowest BCUT2D eigenvalue weighted by Gasteiger charge is -2.13. The number of thiophene rings is 1. The predicted molar refractivity (Wildman–Crippen MR) is 124 cm³/mol. The van der Waals surface area contributed by atoms with Gasteiger partial charge in [0.25, 0.3) is 5.91 Å². The fourth-order valence-corrected chi connectivity index (χ4v) is 4.16. The Hall–Kier alpha value is -2.76. The number of ketones is 1. The van der Waals surface area contributed by atoms with Gasteiger partial charge in [-0.2, -0.15) is 0 Å². The molecular weight excluding hydrogens is 394 g/mol. The van der Waals surface area contributed by atoms with Gasteiger partial charge in [-0.1, -0.05) is 36.8 Å². The van der Waals surface area contributed by atoms with Gasteiger partial charge in [0.05, 0.1) is 4.88 Å². The topological polar surface area (TPSA) is 55.4 Å². The number of nitrogens with one attached hydrogen (secondary N) is 1. The second-order valence-electron chi connectivity index (χ2n) is 7.74. The Labute approximate surface area is 181 Å². The molecule has 1 heterocycles. The van der Waals surface area contributed by atoms with E-state index in [9.17, 15) is 9.59 Å². The summed E-state index contributed by atoms with van der Waals surface area (Å²) in [5, 5.41) is 4.88. The first-order valence-corrected chi connectivity index (χ1v) is 10.8. The molecule has 0 bridgehead atoms. The van der Waals surface area contributed by atoms with Crippen LogP contribution < -0.4 is 5.32 Å². The van der Waals surface area contributed by atoms with E-state index in [-0.39, 0.29) is 17.6 Å². The van der Waals surface area contributed by atoms with Crippen molar-refractivity contribution in [1.29, 1.82) is 0 Å². The van der Waals surface area contributed by atoms with E-state index < -0.39 is 0 Å². The number of aryl methyl sites for hydroxylation is 2. The van der Waals surface area contributed by atoms with Crippen LogP contribution in [0.5, 0.6) is 0 Å². The molecule has 2 aromatic carbocycles. The monoisotopic (exact) mass is 421 g/mol. The first kappa shape index (κ1) is 21.9. The van der Waals surface area contributed by atoms with E-state index in [1.807, 2.05) is 68.6 Å². The largest absolute Gasteiger partial charge is 0.384 e. The summed E-state index contributed by atoms with van der Waals surface area (Å²) in [6.45, 7) is 6.48. The summed E-state index contributed by atoms with van der Waals surface area (Å²) in [7, 11) is 1.64. The van der Waals surface area contributed by atoms with Gasteiger partial charge >= 0.3 is 0 Å². The van der Waals surface area contributed by atoms with Gasteiger partial charge in [-0.3, -0.25) is 9.59 Å². The van der Waals surface area contributed by atoms with E-state index in [1.54, 1.807) is 13.2 Å². The highest BCUT2D eigenvalue weighted by atomic mass is 32.1. The highest BCUT2D eigenvalue weighted by molar-refractivity contribution is 7.12. The van der Waals surface area contributed by atoms with E-state index in [0.717, 1.165) is 16.7 Å². The maximum absolute atomic E-state index is 12.9. The molecule has 1 N–H and O–H groups in total. The molecule has 0 saturated carbocycles. The quantitative estimate of drug-likeness (QED) is 0.445. The zero-order chi connectivity index (χ0) is 21.7. The lowest BCUT2D eigenvalue weighted by atomic mass is 9.95. The number of methoxy groups -OCH3 is 1. The molecule has 1 amide bonds. The third kappa shape index (κ3) is 5.43. The van der Waals surface area contributed by atoms with E-state index in [2.05, 4.69) is 5.32 Å². The molecule has 1 unspecified atom stereocenters. The molecule has 0 fully saturated rings. The van der Waals surface area contributed by atoms with Crippen LogP contribution in [0.1, 0.15) is 44.5 Å². The Bertz CT molecular complexity index is 1040. The van der Waals surface area contributed by atoms with E-state index >= 15 is 0 Å². The van der Waals surface area contributed by atoms with Crippen molar-refractivity contribution in [2.45, 2.75) is 27.2 Å². The summed E-state index contributed by atoms with van der Waals surface area (Å²) < 4.78 is 5.17. The molecule has 4 nitrogen and oxygen atoms in total. The first-order valence-electron chi connectivity index (χ1n) is 9.97. The van der Waals surface area contributed by atoms with Gasteiger partial charge in [0, 0.05) is 31.4 Å². The number of rotatable bonds is 8. The van der Waals surface area contributed by atoms with E-state index in [0.29, 0.717) is 29.2 Å². The minimum Gasteiger partial charge on any atom is -0.384 e. The van der Waals surface area contributed by atoms with Gasteiger partial charge in [0.1, 0.15) is 0 Å². The fourth-order valence-electron chi connectivity index (χ4n) is 3.34. The lowest BCUT2D eigenvalue weighted by molar-refractivity contribution is 0.0919. The molecular formula is C25H27NO3S. The summed E-state index contributed by atoms with van der Waals surface area (Å²) in [6, 6.07) is 15.6. The number of Topliss-reactive ketones (excluding diaryl/α,β-unsaturated/α-hetero) is 1. The number of ether oxygens (including phenoxy) is 1. The van der Waals surface area contributed by atoms with Gasteiger partial charge in [-0.15, -0.1) is 11.3 Å². The minimum absolute atomic E-state index is 0.0383. The molecule has 1 atom stereocenters. The van der Waals surface area contributed by atoms with Gasteiger partial charge in [0.2, 0.25) is 0 Å². The van der Waals surface area contributed by atoms with E-state index in [4.69, 9.17) is 4.74 Å². The number of carbonyl (C=O) groups excluding carboxylic acids is 2. The van der Waals surface area contributed by atoms with E-state index in [1.165, 1.54) is 16.9 Å². The molecule has 30 heavy (non-hydrogen) atoms. The molecule has 1 aromatic heterocycles. The maximum Gasteiger partial charge on any atom is 0.265 e. The molecule has 3 aromatic rings. The van der Waals surface area contributed by atoms with Gasteiger partial charge in [0.15, 0.2) is 5.78 Å². The van der Waals surface area contributed by atoms with Crippen LogP contribution in [0.25, 0.3) is 11.1 Å². The van der Waals surface area contributed by atoms with Crippen LogP contribution in [-0.2, 0) is 4.74 Å². The van der Waals surface area contributed by atoms with Crippen LogP contribution in [0.3, 0.4) is 0 Å². The Morgan fingerprint density at radius 1 is 1.03 bits per heavy atom. The number of benzene rings is 2. The normalized spacial score (nSPS) is 11.9. The Kier molecular flexibility index (Phi) is 7.19. The SMILES string of the molecule is COCC(C)CC(=O)c1cc(NC(=O)c2sccc2C)cc(-c2ccc(C)cc2)c1. The highest BCUT2D eigenvalue weighted by Gasteiger charge is 2.16. The Morgan fingerprint density at radius 3 is 2.40 bits per heavy atom. The lowest BCUT2D eigenvalue weighted by Crippen LogP contribution is -2.14. The van der Waals surface area contributed by atoms with Crippen molar-refractivity contribution in [3.8, 4) is 11.1 Å². The van der Waals surface area contributed by atoms with Crippen molar-refractivity contribution in [3.63, 3.8) is 0 Å². The van der Waals surface area contributed by atoms with Crippen LogP contribution in [0, 0.1) is 19.8 Å². The summed E-state index contributed by atoms with van der Waals surface area (Å²) in [4.78, 5) is 26.3. The minimum atomic E-state index is -0.158. The number of hydrogen-bond donors (Lipinski definition) is 1. The predicted octanol–water partition coefficient (Wildman–Crippen LogP) is 6.14. The number of hydrogen-bond acceptors (Lipinski definition) is 4. The van der Waals surface area contributed by atoms with Crippen LogP contribution >= 0.6 is 11.3 Å². The molecule has 0 radical (unpaired) electrons. The first-order chi connectivity index (χ1) is 14.4. The summed E-state index contributed by atoms with van der Waals surface area (Å²) in [6.07, 6.45) is 0.391. The molecule has 0 aliphatic heterocycles. The smallest absolute Gasteiger partial charge is 0.265 e. The van der Waals surface area contributed by atoms with Crippen LogP contribution in [0.2, 0.25) is 0 Å². The van der Waals surface area contributed by atoms with Crippen LogP contribution in [0.15, 0.2) is 53.9 Å². The second-order valence-corrected chi connectivity index (χ2v) is 8.66. The molecule has 5 heteroatoms. The zero-order valence-electron chi connectivity index (χ0n) is 17.8. The Morgan fingerprint density at radius 2 is 1.77 bits per heavy atom. The zero-order valence-corrected chi connectivity index (χ0v) is 18.6. The summed E-state index contributed by atoms with van der Waals surface area (Å²) >= 11 is 1.41.